The lowest BCUT2D eigenvalue weighted by molar-refractivity contribution is -0.133. The van der Waals surface area contributed by atoms with Gasteiger partial charge < -0.3 is 14.4 Å². The number of hydrazine groups is 1. The van der Waals surface area contributed by atoms with Crippen LogP contribution < -0.4 is 15.8 Å². The average molecular weight is 368 g/mol. The molecule has 0 spiro atoms. The summed E-state index contributed by atoms with van der Waals surface area (Å²) in [7, 11) is 2.04. The summed E-state index contributed by atoms with van der Waals surface area (Å²) in [6.45, 7) is 5.49. The van der Waals surface area contributed by atoms with Gasteiger partial charge in [0.25, 0.3) is 0 Å². The number of hydrogen-bond acceptors (Lipinski definition) is 5. The number of anilines is 1. The van der Waals surface area contributed by atoms with E-state index in [0.717, 1.165) is 39.0 Å². The van der Waals surface area contributed by atoms with Gasteiger partial charge in [-0.25, -0.2) is 10.9 Å². The molecular weight excluding hydrogens is 340 g/mol. The lowest BCUT2D eigenvalue weighted by Crippen LogP contribution is -2.46. The van der Waals surface area contributed by atoms with Gasteiger partial charge >= 0.3 is 0 Å². The minimum absolute atomic E-state index is 0.167. The van der Waals surface area contributed by atoms with Crippen LogP contribution in [0.5, 0.6) is 0 Å². The molecule has 2 saturated heterocycles. The number of nitrogens with one attached hydrogen (secondary N) is 2. The Morgan fingerprint density at radius 2 is 2.07 bits per heavy atom. The number of nitrogens with zero attached hydrogens (tertiary/aromatic N) is 4. The van der Waals surface area contributed by atoms with E-state index in [1.54, 1.807) is 0 Å². The third-order valence-corrected chi connectivity index (χ3v) is 5.68. The lowest BCUT2D eigenvalue weighted by atomic mass is 10.1. The van der Waals surface area contributed by atoms with Crippen LogP contribution in [0.15, 0.2) is 36.8 Å². The van der Waals surface area contributed by atoms with Crippen molar-refractivity contribution in [2.45, 2.75) is 31.8 Å². The molecule has 2 atom stereocenters. The average Bonchev–Trinajstić information content (AvgIpc) is 3.24. The smallest absolute Gasteiger partial charge is 0.241 e. The van der Waals surface area contributed by atoms with Gasteiger partial charge in [0.15, 0.2) is 0 Å². The maximum Gasteiger partial charge on any atom is 0.241 e. The highest BCUT2D eigenvalue weighted by molar-refractivity contribution is 5.82. The Morgan fingerprint density at radius 1 is 1.19 bits per heavy atom. The first kappa shape index (κ1) is 18.0. The molecule has 4 heterocycles. The topological polar surface area (TPSA) is 65.4 Å². The highest BCUT2D eigenvalue weighted by Gasteiger charge is 2.34. The molecule has 2 aromatic rings. The SMILES string of the molecule is Cc1cnccc1N1CCCN(C(=O)C2CC(c3cccn3C)NN2)CC1. The van der Waals surface area contributed by atoms with Gasteiger partial charge in [-0.05, 0) is 43.5 Å². The molecule has 2 aliphatic rings. The van der Waals surface area contributed by atoms with Crippen LogP contribution in [0.1, 0.15) is 30.1 Å². The van der Waals surface area contributed by atoms with Crippen LogP contribution in [0.2, 0.25) is 0 Å². The zero-order chi connectivity index (χ0) is 18.8. The summed E-state index contributed by atoms with van der Waals surface area (Å²) in [6, 6.07) is 6.21. The van der Waals surface area contributed by atoms with Crippen molar-refractivity contribution in [1.82, 2.24) is 25.3 Å². The predicted octanol–water partition coefficient (Wildman–Crippen LogP) is 1.38. The zero-order valence-electron chi connectivity index (χ0n) is 16.1. The molecular formula is C20H28N6O. The van der Waals surface area contributed by atoms with Crippen molar-refractivity contribution in [3.63, 3.8) is 0 Å². The van der Waals surface area contributed by atoms with E-state index in [-0.39, 0.29) is 18.0 Å². The fourth-order valence-corrected chi connectivity index (χ4v) is 4.17. The summed E-state index contributed by atoms with van der Waals surface area (Å²) < 4.78 is 2.10. The van der Waals surface area contributed by atoms with Crippen molar-refractivity contribution in [3.8, 4) is 0 Å². The van der Waals surface area contributed by atoms with E-state index >= 15 is 0 Å². The van der Waals surface area contributed by atoms with Crippen LogP contribution >= 0.6 is 0 Å². The Balaban J connectivity index is 1.37. The highest BCUT2D eigenvalue weighted by atomic mass is 16.2. The summed E-state index contributed by atoms with van der Waals surface area (Å²) in [5.41, 5.74) is 10.1. The number of amides is 1. The Bertz CT molecular complexity index is 803. The van der Waals surface area contributed by atoms with Crippen molar-refractivity contribution in [1.29, 1.82) is 0 Å². The largest absolute Gasteiger partial charge is 0.369 e. The van der Waals surface area contributed by atoms with Crippen molar-refractivity contribution < 1.29 is 4.79 Å². The summed E-state index contributed by atoms with van der Waals surface area (Å²) in [5, 5.41) is 0. The molecule has 1 amide bonds. The van der Waals surface area contributed by atoms with Crippen LogP contribution in [0.4, 0.5) is 5.69 Å². The van der Waals surface area contributed by atoms with Gasteiger partial charge in [-0.1, -0.05) is 0 Å². The molecule has 0 bridgehead atoms. The highest BCUT2D eigenvalue weighted by Crippen LogP contribution is 2.24. The second-order valence-electron chi connectivity index (χ2n) is 7.50. The van der Waals surface area contributed by atoms with E-state index in [4.69, 9.17) is 0 Å². The Hall–Kier alpha value is -2.38. The standard InChI is InChI=1S/C20H28N6O/c1-15-14-21-7-6-18(15)25-9-4-10-26(12-11-25)20(27)17-13-16(22-23-17)19-5-3-8-24(19)2/h3,5-8,14,16-17,22-23H,4,9-13H2,1-2H3. The van der Waals surface area contributed by atoms with Gasteiger partial charge in [0, 0.05) is 63.2 Å². The molecule has 2 fully saturated rings. The maximum atomic E-state index is 13.1. The van der Waals surface area contributed by atoms with Crippen molar-refractivity contribution in [2.75, 3.05) is 31.1 Å². The molecule has 0 saturated carbocycles. The number of hydrogen-bond donors (Lipinski definition) is 2. The van der Waals surface area contributed by atoms with E-state index < -0.39 is 0 Å². The molecule has 2 aromatic heterocycles. The van der Waals surface area contributed by atoms with Gasteiger partial charge in [0.2, 0.25) is 5.91 Å². The second-order valence-corrected chi connectivity index (χ2v) is 7.50. The molecule has 4 rings (SSSR count). The minimum atomic E-state index is -0.167. The molecule has 2 N–H and O–H groups in total. The molecule has 27 heavy (non-hydrogen) atoms. The van der Waals surface area contributed by atoms with Crippen LogP contribution in [-0.4, -0.2) is 52.6 Å². The van der Waals surface area contributed by atoms with Gasteiger partial charge in [0.1, 0.15) is 6.04 Å². The first-order valence-electron chi connectivity index (χ1n) is 9.70. The van der Waals surface area contributed by atoms with Crippen LogP contribution in [0.3, 0.4) is 0 Å². The predicted molar refractivity (Wildman–Crippen MR) is 105 cm³/mol. The molecule has 0 radical (unpaired) electrons. The van der Waals surface area contributed by atoms with Crippen LogP contribution in [-0.2, 0) is 11.8 Å². The van der Waals surface area contributed by atoms with Crippen LogP contribution in [0, 0.1) is 6.92 Å². The third-order valence-electron chi connectivity index (χ3n) is 5.68. The molecule has 2 aliphatic heterocycles. The lowest BCUT2D eigenvalue weighted by Gasteiger charge is -2.26. The van der Waals surface area contributed by atoms with Gasteiger partial charge in [-0.2, -0.15) is 0 Å². The van der Waals surface area contributed by atoms with E-state index in [2.05, 4.69) is 44.4 Å². The van der Waals surface area contributed by atoms with E-state index in [1.807, 2.05) is 36.6 Å². The van der Waals surface area contributed by atoms with Gasteiger partial charge in [-0.3, -0.25) is 9.78 Å². The molecule has 0 aliphatic carbocycles. The Labute approximate surface area is 160 Å². The fraction of sp³-hybridized carbons (Fsp3) is 0.500. The minimum Gasteiger partial charge on any atom is -0.369 e. The second kappa shape index (κ2) is 7.70. The van der Waals surface area contributed by atoms with E-state index in [1.165, 1.54) is 16.9 Å². The van der Waals surface area contributed by atoms with E-state index in [9.17, 15) is 4.79 Å². The number of carbonyl (C=O) groups excluding carboxylic acids is 1. The number of rotatable bonds is 3. The quantitative estimate of drug-likeness (QED) is 0.857. The Morgan fingerprint density at radius 3 is 2.85 bits per heavy atom. The molecule has 7 nitrogen and oxygen atoms in total. The molecule has 2 unspecified atom stereocenters. The molecule has 0 aromatic carbocycles. The van der Waals surface area contributed by atoms with Gasteiger partial charge in [-0.15, -0.1) is 0 Å². The summed E-state index contributed by atoms with van der Waals surface area (Å²) in [5.74, 6) is 0.201. The third kappa shape index (κ3) is 3.70. The number of aryl methyl sites for hydroxylation is 2. The summed E-state index contributed by atoms with van der Waals surface area (Å²) >= 11 is 0. The van der Waals surface area contributed by atoms with Crippen molar-refractivity contribution in [3.05, 3.63) is 48.0 Å². The first-order valence-corrected chi connectivity index (χ1v) is 9.70. The van der Waals surface area contributed by atoms with E-state index in [0.29, 0.717) is 0 Å². The van der Waals surface area contributed by atoms with Crippen molar-refractivity contribution >= 4 is 11.6 Å². The fourth-order valence-electron chi connectivity index (χ4n) is 4.17. The normalized spacial score (nSPS) is 23.5. The Kier molecular flexibility index (Phi) is 5.13. The number of carbonyl (C=O) groups is 1. The molecule has 144 valence electrons. The van der Waals surface area contributed by atoms with Crippen molar-refractivity contribution in [2.24, 2.45) is 7.05 Å². The maximum absolute atomic E-state index is 13.1. The number of pyridine rings is 1. The zero-order valence-corrected chi connectivity index (χ0v) is 16.1. The summed E-state index contributed by atoms with van der Waals surface area (Å²) in [4.78, 5) is 21.6. The molecule has 7 heteroatoms. The first-order chi connectivity index (χ1) is 13.1. The van der Waals surface area contributed by atoms with Crippen LogP contribution in [0.25, 0.3) is 0 Å². The summed E-state index contributed by atoms with van der Waals surface area (Å²) in [6.07, 6.45) is 7.54. The number of aromatic nitrogens is 2. The monoisotopic (exact) mass is 368 g/mol. The van der Waals surface area contributed by atoms with Gasteiger partial charge in [0.05, 0.1) is 6.04 Å².